The summed E-state index contributed by atoms with van der Waals surface area (Å²) in [6.07, 6.45) is 1.97. The average Bonchev–Trinajstić information content (AvgIpc) is 2.51. The second kappa shape index (κ2) is 4.18. The molecule has 1 N–H and O–H groups in total. The van der Waals surface area contributed by atoms with Crippen molar-refractivity contribution in [1.82, 2.24) is 9.55 Å². The van der Waals surface area contributed by atoms with E-state index in [1.54, 1.807) is 0 Å². The zero-order valence-corrected chi connectivity index (χ0v) is 10.3. The lowest BCUT2D eigenvalue weighted by Gasteiger charge is -2.09. The van der Waals surface area contributed by atoms with Gasteiger partial charge in [0.1, 0.15) is 0 Å². The largest absolute Gasteiger partial charge is 0.325 e. The van der Waals surface area contributed by atoms with Crippen LogP contribution in [0.5, 0.6) is 0 Å². The number of anilines is 2. The lowest BCUT2D eigenvalue weighted by molar-refractivity contribution is 0.923. The van der Waals surface area contributed by atoms with Crippen LogP contribution in [0.1, 0.15) is 11.3 Å². The number of aryl methyl sites for hydroxylation is 3. The highest BCUT2D eigenvalue weighted by molar-refractivity contribution is 6.30. The summed E-state index contributed by atoms with van der Waals surface area (Å²) in [5.41, 5.74) is 3.12. The normalized spacial score (nSPS) is 10.5. The van der Waals surface area contributed by atoms with Crippen molar-refractivity contribution in [3.8, 4) is 0 Å². The van der Waals surface area contributed by atoms with E-state index in [0.29, 0.717) is 0 Å². The van der Waals surface area contributed by atoms with Crippen LogP contribution in [0.25, 0.3) is 0 Å². The Labute approximate surface area is 100 Å². The molecule has 0 atom stereocenters. The quantitative estimate of drug-likeness (QED) is 0.864. The number of aromatic nitrogens is 2. The zero-order chi connectivity index (χ0) is 11.7. The summed E-state index contributed by atoms with van der Waals surface area (Å²) in [6.45, 7) is 4.00. The standard InChI is InChI=1S/C12H14ClN3/c1-8-4-5-10(13)6-11(8)15-12-14-9(2)7-16(12)3/h4-7H,1-3H3,(H,14,15). The minimum atomic E-state index is 0.721. The summed E-state index contributed by atoms with van der Waals surface area (Å²) >= 11 is 5.96. The van der Waals surface area contributed by atoms with Crippen LogP contribution in [0.3, 0.4) is 0 Å². The van der Waals surface area contributed by atoms with Crippen LogP contribution < -0.4 is 5.32 Å². The molecule has 0 saturated heterocycles. The van der Waals surface area contributed by atoms with Crippen LogP contribution in [0, 0.1) is 13.8 Å². The van der Waals surface area contributed by atoms with Crippen molar-refractivity contribution in [2.75, 3.05) is 5.32 Å². The molecule has 0 aliphatic rings. The fourth-order valence-corrected chi connectivity index (χ4v) is 1.75. The van der Waals surface area contributed by atoms with Crippen LogP contribution in [-0.2, 0) is 7.05 Å². The third-order valence-corrected chi connectivity index (χ3v) is 2.68. The molecule has 16 heavy (non-hydrogen) atoms. The van der Waals surface area contributed by atoms with Crippen molar-refractivity contribution in [3.05, 3.63) is 40.7 Å². The molecular weight excluding hydrogens is 222 g/mol. The van der Waals surface area contributed by atoms with Crippen LogP contribution in [0.4, 0.5) is 11.6 Å². The number of nitrogens with zero attached hydrogens (tertiary/aromatic N) is 2. The van der Waals surface area contributed by atoms with Crippen molar-refractivity contribution in [2.24, 2.45) is 7.05 Å². The average molecular weight is 236 g/mol. The number of nitrogens with one attached hydrogen (secondary N) is 1. The molecule has 0 bridgehead atoms. The van der Waals surface area contributed by atoms with E-state index in [2.05, 4.69) is 10.3 Å². The Morgan fingerprint density at radius 3 is 2.69 bits per heavy atom. The summed E-state index contributed by atoms with van der Waals surface area (Å²) in [5, 5.41) is 3.99. The summed E-state index contributed by atoms with van der Waals surface area (Å²) in [6, 6.07) is 5.77. The Kier molecular flexibility index (Phi) is 2.88. The smallest absolute Gasteiger partial charge is 0.207 e. The van der Waals surface area contributed by atoms with E-state index >= 15 is 0 Å². The molecule has 0 spiro atoms. The number of hydrogen-bond donors (Lipinski definition) is 1. The van der Waals surface area contributed by atoms with Crippen LogP contribution in [0.15, 0.2) is 24.4 Å². The summed E-state index contributed by atoms with van der Waals surface area (Å²) in [5.74, 6) is 0.822. The van der Waals surface area contributed by atoms with Gasteiger partial charge in [-0.25, -0.2) is 4.98 Å². The van der Waals surface area contributed by atoms with Crippen molar-refractivity contribution in [1.29, 1.82) is 0 Å². The van der Waals surface area contributed by atoms with Gasteiger partial charge in [0.15, 0.2) is 0 Å². The van der Waals surface area contributed by atoms with Gasteiger partial charge in [0.05, 0.1) is 5.69 Å². The first-order valence-electron chi connectivity index (χ1n) is 5.09. The number of imidazole rings is 1. The van der Waals surface area contributed by atoms with Gasteiger partial charge in [0.2, 0.25) is 5.95 Å². The first kappa shape index (κ1) is 11.0. The van der Waals surface area contributed by atoms with Gasteiger partial charge in [-0.1, -0.05) is 17.7 Å². The molecule has 0 unspecified atom stereocenters. The first-order chi connectivity index (χ1) is 7.56. The van der Waals surface area contributed by atoms with Gasteiger partial charge in [0.25, 0.3) is 0 Å². The predicted octanol–water partition coefficient (Wildman–Crippen LogP) is 3.43. The number of benzene rings is 1. The maximum atomic E-state index is 5.96. The molecule has 4 heteroatoms. The molecule has 0 amide bonds. The van der Waals surface area contributed by atoms with E-state index in [1.807, 2.05) is 49.9 Å². The van der Waals surface area contributed by atoms with Gasteiger partial charge in [-0.3, -0.25) is 0 Å². The molecule has 0 radical (unpaired) electrons. The summed E-state index contributed by atoms with van der Waals surface area (Å²) in [4.78, 5) is 4.39. The lowest BCUT2D eigenvalue weighted by Crippen LogP contribution is -1.99. The van der Waals surface area contributed by atoms with Crippen molar-refractivity contribution in [2.45, 2.75) is 13.8 Å². The molecule has 0 aliphatic carbocycles. The van der Waals surface area contributed by atoms with E-state index in [0.717, 1.165) is 27.9 Å². The second-order valence-electron chi connectivity index (χ2n) is 3.90. The molecule has 0 fully saturated rings. The van der Waals surface area contributed by atoms with E-state index in [1.165, 1.54) is 0 Å². The highest BCUT2D eigenvalue weighted by Crippen LogP contribution is 2.23. The molecule has 84 valence electrons. The Morgan fingerprint density at radius 2 is 2.06 bits per heavy atom. The molecular formula is C12H14ClN3. The van der Waals surface area contributed by atoms with Gasteiger partial charge in [-0.15, -0.1) is 0 Å². The van der Waals surface area contributed by atoms with E-state index in [4.69, 9.17) is 11.6 Å². The Morgan fingerprint density at radius 1 is 1.31 bits per heavy atom. The van der Waals surface area contributed by atoms with Gasteiger partial charge in [-0.2, -0.15) is 0 Å². The highest BCUT2D eigenvalue weighted by atomic mass is 35.5. The number of halogens is 1. The third-order valence-electron chi connectivity index (χ3n) is 2.44. The fourth-order valence-electron chi connectivity index (χ4n) is 1.58. The highest BCUT2D eigenvalue weighted by Gasteiger charge is 2.05. The molecule has 1 aromatic carbocycles. The topological polar surface area (TPSA) is 29.9 Å². The maximum Gasteiger partial charge on any atom is 0.207 e. The van der Waals surface area contributed by atoms with Crippen LogP contribution in [-0.4, -0.2) is 9.55 Å². The minimum absolute atomic E-state index is 0.721. The SMILES string of the molecule is Cc1cn(C)c(Nc2cc(Cl)ccc2C)n1. The van der Waals surface area contributed by atoms with Crippen molar-refractivity contribution < 1.29 is 0 Å². The zero-order valence-electron chi connectivity index (χ0n) is 9.58. The Bertz CT molecular complexity index is 517. The number of hydrogen-bond acceptors (Lipinski definition) is 2. The van der Waals surface area contributed by atoms with Gasteiger partial charge >= 0.3 is 0 Å². The van der Waals surface area contributed by atoms with E-state index < -0.39 is 0 Å². The molecule has 1 heterocycles. The molecule has 0 aliphatic heterocycles. The van der Waals surface area contributed by atoms with E-state index in [9.17, 15) is 0 Å². The van der Waals surface area contributed by atoms with Crippen LogP contribution in [0.2, 0.25) is 5.02 Å². The summed E-state index contributed by atoms with van der Waals surface area (Å²) in [7, 11) is 1.96. The lowest BCUT2D eigenvalue weighted by atomic mass is 10.2. The third kappa shape index (κ3) is 2.19. The maximum absolute atomic E-state index is 5.96. The van der Waals surface area contributed by atoms with Crippen molar-refractivity contribution >= 4 is 23.2 Å². The second-order valence-corrected chi connectivity index (χ2v) is 4.34. The summed E-state index contributed by atoms with van der Waals surface area (Å²) < 4.78 is 1.95. The van der Waals surface area contributed by atoms with E-state index in [-0.39, 0.29) is 0 Å². The van der Waals surface area contributed by atoms with Crippen LogP contribution >= 0.6 is 11.6 Å². The van der Waals surface area contributed by atoms with Gasteiger partial charge in [-0.05, 0) is 31.5 Å². The number of rotatable bonds is 2. The molecule has 1 aromatic heterocycles. The van der Waals surface area contributed by atoms with Gasteiger partial charge in [0, 0.05) is 24.0 Å². The first-order valence-corrected chi connectivity index (χ1v) is 5.47. The molecule has 3 nitrogen and oxygen atoms in total. The van der Waals surface area contributed by atoms with Gasteiger partial charge < -0.3 is 9.88 Å². The molecule has 0 saturated carbocycles. The Hall–Kier alpha value is -1.48. The molecule has 2 aromatic rings. The minimum Gasteiger partial charge on any atom is -0.325 e. The predicted molar refractivity (Wildman–Crippen MR) is 67.4 cm³/mol. The van der Waals surface area contributed by atoms with Crippen molar-refractivity contribution in [3.63, 3.8) is 0 Å². The molecule has 2 rings (SSSR count). The Balaban J connectivity index is 2.33. The fraction of sp³-hybridized carbons (Fsp3) is 0.250. The monoisotopic (exact) mass is 235 g/mol.